The van der Waals surface area contributed by atoms with Crippen LogP contribution in [0.1, 0.15) is 56.0 Å². The molecule has 0 radical (unpaired) electrons. The molecular formula is C30H31NO5. The monoisotopic (exact) mass is 485 g/mol. The normalized spacial score (nSPS) is 17.5. The highest BCUT2D eigenvalue weighted by atomic mass is 16.5. The molecule has 1 aliphatic heterocycles. The lowest BCUT2D eigenvalue weighted by atomic mass is 9.84. The van der Waals surface area contributed by atoms with Crippen LogP contribution in [0, 0.1) is 6.92 Å². The number of nitrogens with zero attached hydrogens (tertiary/aromatic N) is 1. The van der Waals surface area contributed by atoms with E-state index in [4.69, 9.17) is 4.74 Å². The number of phenols is 1. The number of Topliss-reactive ketones (excluding diaryl/α,β-unsaturated/α-hetero) is 1. The Morgan fingerprint density at radius 1 is 1.00 bits per heavy atom. The number of hydrogen-bond acceptors (Lipinski definition) is 5. The summed E-state index contributed by atoms with van der Waals surface area (Å²) >= 11 is 0. The molecule has 0 spiro atoms. The number of ketones is 1. The number of aliphatic hydroxyl groups is 1. The van der Waals surface area contributed by atoms with Gasteiger partial charge in [-0.3, -0.25) is 14.5 Å². The summed E-state index contributed by atoms with van der Waals surface area (Å²) < 4.78 is 5.80. The van der Waals surface area contributed by atoms with E-state index >= 15 is 0 Å². The lowest BCUT2D eigenvalue weighted by Crippen LogP contribution is -2.30. The van der Waals surface area contributed by atoms with Crippen molar-refractivity contribution in [2.24, 2.45) is 0 Å². The van der Waals surface area contributed by atoms with Crippen LogP contribution in [0.15, 0.2) is 72.3 Å². The van der Waals surface area contributed by atoms with Gasteiger partial charge in [0.25, 0.3) is 11.7 Å². The lowest BCUT2D eigenvalue weighted by molar-refractivity contribution is -0.132. The summed E-state index contributed by atoms with van der Waals surface area (Å²) in [5, 5.41) is 21.4. The van der Waals surface area contributed by atoms with E-state index in [1.807, 2.05) is 52.8 Å². The Balaban J connectivity index is 1.96. The van der Waals surface area contributed by atoms with E-state index < -0.39 is 17.7 Å². The van der Waals surface area contributed by atoms with Crippen molar-refractivity contribution in [3.05, 3.63) is 94.6 Å². The number of aryl methyl sites for hydroxylation is 1. The van der Waals surface area contributed by atoms with Crippen LogP contribution in [-0.2, 0) is 15.0 Å². The summed E-state index contributed by atoms with van der Waals surface area (Å²) in [6.07, 6.45) is 0. The maximum Gasteiger partial charge on any atom is 0.300 e. The highest BCUT2D eigenvalue weighted by molar-refractivity contribution is 6.51. The van der Waals surface area contributed by atoms with Gasteiger partial charge >= 0.3 is 0 Å². The van der Waals surface area contributed by atoms with Gasteiger partial charge in [0.1, 0.15) is 17.3 Å². The first kappa shape index (κ1) is 25.0. The van der Waals surface area contributed by atoms with E-state index in [1.165, 1.54) is 17.0 Å². The lowest BCUT2D eigenvalue weighted by Gasteiger charge is -2.27. The van der Waals surface area contributed by atoms with E-state index in [0.29, 0.717) is 29.2 Å². The molecule has 186 valence electrons. The molecule has 1 fully saturated rings. The molecule has 0 aliphatic carbocycles. The van der Waals surface area contributed by atoms with Crippen LogP contribution in [-0.4, -0.2) is 28.5 Å². The molecule has 0 saturated carbocycles. The SMILES string of the molecule is CCOc1ccc(/C(O)=C2/C(=O)C(=O)N(c3ccccc3C)C2c2ccc(O)cc2)cc1C(C)(C)C. The molecule has 3 aromatic carbocycles. The zero-order valence-corrected chi connectivity index (χ0v) is 21.2. The number of amides is 1. The van der Waals surface area contributed by atoms with Crippen molar-refractivity contribution in [3.63, 3.8) is 0 Å². The van der Waals surface area contributed by atoms with Crippen molar-refractivity contribution in [2.75, 3.05) is 11.5 Å². The number of ether oxygens (including phenoxy) is 1. The molecule has 3 aromatic rings. The van der Waals surface area contributed by atoms with Crippen LogP contribution in [0.4, 0.5) is 5.69 Å². The number of carbonyl (C=O) groups is 2. The van der Waals surface area contributed by atoms with Crippen LogP contribution < -0.4 is 9.64 Å². The quantitative estimate of drug-likeness (QED) is 0.262. The summed E-state index contributed by atoms with van der Waals surface area (Å²) in [6.45, 7) is 10.4. The predicted molar refractivity (Wildman–Crippen MR) is 140 cm³/mol. The van der Waals surface area contributed by atoms with Gasteiger partial charge in [-0.1, -0.05) is 51.1 Å². The zero-order chi connectivity index (χ0) is 26.2. The number of carbonyl (C=O) groups excluding carboxylic acids is 2. The van der Waals surface area contributed by atoms with Crippen LogP contribution >= 0.6 is 0 Å². The first-order valence-electron chi connectivity index (χ1n) is 12.0. The molecule has 6 nitrogen and oxygen atoms in total. The predicted octanol–water partition coefficient (Wildman–Crippen LogP) is 6.02. The van der Waals surface area contributed by atoms with Crippen LogP contribution in [0.5, 0.6) is 11.5 Å². The molecular weight excluding hydrogens is 454 g/mol. The second-order valence-electron chi connectivity index (χ2n) is 9.94. The maximum atomic E-state index is 13.4. The highest BCUT2D eigenvalue weighted by Crippen LogP contribution is 2.44. The van der Waals surface area contributed by atoms with Crippen molar-refractivity contribution in [1.29, 1.82) is 0 Å². The van der Waals surface area contributed by atoms with Gasteiger partial charge in [0.05, 0.1) is 18.2 Å². The Hall–Kier alpha value is -4.06. The molecule has 2 N–H and O–H groups in total. The second kappa shape index (κ2) is 9.53. The van der Waals surface area contributed by atoms with Crippen LogP contribution in [0.25, 0.3) is 5.76 Å². The summed E-state index contributed by atoms with van der Waals surface area (Å²) in [6, 6.07) is 18.1. The van der Waals surface area contributed by atoms with E-state index in [0.717, 1.165) is 11.1 Å². The van der Waals surface area contributed by atoms with Gasteiger partial charge in [-0.2, -0.15) is 0 Å². The number of aliphatic hydroxyl groups excluding tert-OH is 1. The Morgan fingerprint density at radius 2 is 1.67 bits per heavy atom. The molecule has 1 heterocycles. The number of hydrogen-bond donors (Lipinski definition) is 2. The summed E-state index contributed by atoms with van der Waals surface area (Å²) in [4.78, 5) is 28.2. The first-order chi connectivity index (χ1) is 17.0. The molecule has 0 bridgehead atoms. The molecule has 6 heteroatoms. The van der Waals surface area contributed by atoms with Crippen molar-refractivity contribution in [2.45, 2.75) is 46.1 Å². The number of anilines is 1. The van der Waals surface area contributed by atoms with Gasteiger partial charge in [0.15, 0.2) is 0 Å². The van der Waals surface area contributed by atoms with Crippen molar-refractivity contribution in [3.8, 4) is 11.5 Å². The Labute approximate surface area is 211 Å². The second-order valence-corrected chi connectivity index (χ2v) is 9.94. The minimum Gasteiger partial charge on any atom is -0.508 e. The van der Waals surface area contributed by atoms with Gasteiger partial charge in [-0.05, 0) is 66.8 Å². The number of para-hydroxylation sites is 1. The Morgan fingerprint density at radius 3 is 2.28 bits per heavy atom. The minimum atomic E-state index is -0.864. The summed E-state index contributed by atoms with van der Waals surface area (Å²) in [5.41, 5.74) is 3.01. The van der Waals surface area contributed by atoms with E-state index in [9.17, 15) is 19.8 Å². The van der Waals surface area contributed by atoms with Gasteiger partial charge in [0, 0.05) is 16.8 Å². The summed E-state index contributed by atoms with van der Waals surface area (Å²) in [5.74, 6) is -0.966. The van der Waals surface area contributed by atoms with Gasteiger partial charge in [-0.15, -0.1) is 0 Å². The third kappa shape index (κ3) is 4.47. The van der Waals surface area contributed by atoms with E-state index in [-0.39, 0.29) is 22.5 Å². The smallest absolute Gasteiger partial charge is 0.300 e. The summed E-state index contributed by atoms with van der Waals surface area (Å²) in [7, 11) is 0. The van der Waals surface area contributed by atoms with Gasteiger partial charge in [0.2, 0.25) is 0 Å². The topological polar surface area (TPSA) is 87.1 Å². The molecule has 1 aliphatic rings. The fourth-order valence-electron chi connectivity index (χ4n) is 4.59. The molecule has 1 saturated heterocycles. The van der Waals surface area contributed by atoms with Gasteiger partial charge < -0.3 is 14.9 Å². The van der Waals surface area contributed by atoms with Crippen LogP contribution in [0.2, 0.25) is 0 Å². The molecule has 1 unspecified atom stereocenters. The third-order valence-corrected chi connectivity index (χ3v) is 6.39. The first-order valence-corrected chi connectivity index (χ1v) is 12.0. The van der Waals surface area contributed by atoms with Gasteiger partial charge in [-0.25, -0.2) is 0 Å². The van der Waals surface area contributed by atoms with Crippen molar-refractivity contribution in [1.82, 2.24) is 0 Å². The standard InChI is InChI=1S/C30H31NO5/c1-6-36-24-16-13-20(17-22(24)30(3,4)5)27(33)25-26(19-11-14-21(32)15-12-19)31(29(35)28(25)34)23-10-8-7-9-18(23)2/h7-17,26,32-33H,6H2,1-5H3/b27-25-. The molecule has 0 aromatic heterocycles. The minimum absolute atomic E-state index is 0.00189. The average Bonchev–Trinajstić information content (AvgIpc) is 3.09. The van der Waals surface area contributed by atoms with Crippen molar-refractivity contribution < 1.29 is 24.5 Å². The largest absolute Gasteiger partial charge is 0.508 e. The highest BCUT2D eigenvalue weighted by Gasteiger charge is 2.47. The Kier molecular flexibility index (Phi) is 6.63. The number of phenolic OH excluding ortho intramolecular Hbond substituents is 1. The molecule has 1 atom stereocenters. The Bertz CT molecular complexity index is 1350. The third-order valence-electron chi connectivity index (χ3n) is 6.39. The molecule has 36 heavy (non-hydrogen) atoms. The number of aromatic hydroxyl groups is 1. The van der Waals surface area contributed by atoms with E-state index in [1.54, 1.807) is 36.4 Å². The molecule has 1 amide bonds. The zero-order valence-electron chi connectivity index (χ0n) is 21.2. The maximum absolute atomic E-state index is 13.4. The molecule has 4 rings (SSSR count). The van der Waals surface area contributed by atoms with E-state index in [2.05, 4.69) is 0 Å². The van der Waals surface area contributed by atoms with Crippen LogP contribution in [0.3, 0.4) is 0 Å². The van der Waals surface area contributed by atoms with Crippen molar-refractivity contribution >= 4 is 23.1 Å². The number of rotatable bonds is 5. The fourth-order valence-corrected chi connectivity index (χ4v) is 4.59. The average molecular weight is 486 g/mol. The number of benzene rings is 3. The fraction of sp³-hybridized carbons (Fsp3) is 0.267.